The van der Waals surface area contributed by atoms with E-state index in [9.17, 15) is 26.3 Å². The van der Waals surface area contributed by atoms with E-state index in [1.807, 2.05) is 0 Å². The Morgan fingerprint density at radius 2 is 0.528 bits per heavy atom. The third-order valence-electron chi connectivity index (χ3n) is 3.44. The molecule has 0 spiro atoms. The van der Waals surface area contributed by atoms with Gasteiger partial charge in [-0.1, -0.05) is 0 Å². The van der Waals surface area contributed by atoms with Gasteiger partial charge < -0.3 is 46.5 Å². The summed E-state index contributed by atoms with van der Waals surface area (Å²) in [5.74, 6) is 0. The molecule has 2 aliphatic rings. The minimum absolute atomic E-state index is 0. The molecule has 2 saturated heterocycles. The van der Waals surface area contributed by atoms with Crippen LogP contribution in [0.1, 0.15) is 0 Å². The zero-order valence-corrected chi connectivity index (χ0v) is 21.4. The van der Waals surface area contributed by atoms with Crippen molar-refractivity contribution in [2.75, 3.05) is 78.5 Å². The molecule has 2 aliphatic heterocycles. The Bertz CT molecular complexity index is 601. The Balaban J connectivity index is -0.000000187. The molecule has 0 aromatic carbocycles. The van der Waals surface area contributed by atoms with E-state index in [1.54, 1.807) is 0 Å². The molecule has 36 heavy (non-hydrogen) atoms. The Morgan fingerprint density at radius 1 is 0.444 bits per heavy atom. The first kappa shape index (κ1) is 42.7. The van der Waals surface area contributed by atoms with Crippen LogP contribution in [0.3, 0.4) is 0 Å². The van der Waals surface area contributed by atoms with E-state index in [-0.39, 0.29) is 22.5 Å². The Kier molecular flexibility index (Phi) is 26.8. The smallest absolute Gasteiger partial charge is 0.741 e. The van der Waals surface area contributed by atoms with Crippen LogP contribution >= 0.6 is 0 Å². The van der Waals surface area contributed by atoms with Gasteiger partial charge in [0, 0.05) is 78.5 Å². The van der Waals surface area contributed by atoms with Gasteiger partial charge >= 0.3 is 28.1 Å². The van der Waals surface area contributed by atoms with Crippen molar-refractivity contribution in [1.82, 2.24) is 31.9 Å². The maximum atomic E-state index is 10.7. The zero-order chi connectivity index (χ0) is 26.7. The summed E-state index contributed by atoms with van der Waals surface area (Å²) < 4.78 is 118. The maximum Gasteiger partial charge on any atom is 2.00 e. The normalized spacial score (nSPS) is 18.2. The third-order valence-corrected chi connectivity index (χ3v) is 4.57. The number of hydrogen-bond donors (Lipinski definition) is 6. The Morgan fingerprint density at radius 3 is 0.583 bits per heavy atom. The van der Waals surface area contributed by atoms with Crippen LogP contribution < -0.4 is 31.9 Å². The van der Waals surface area contributed by atoms with Crippen molar-refractivity contribution in [2.45, 2.75) is 11.0 Å². The average Bonchev–Trinajstić information content (AvgIpc) is 2.93. The molecule has 2 heterocycles. The number of alkyl halides is 6. The molecule has 2 fully saturated rings. The molecule has 0 bridgehead atoms. The first-order valence-electron chi connectivity index (χ1n) is 9.78. The van der Waals surface area contributed by atoms with Crippen LogP contribution in [0, 0.1) is 0 Å². The SMILES string of the molecule is C1CNCCNCCN1.C1CNCCNCCN1.O.O=S(=O)([O-])C(F)(F)F.O=S(=O)([O-])C(F)(F)F.[Cu+2]. The quantitative estimate of drug-likeness (QED) is 0.0670. The van der Waals surface area contributed by atoms with Crippen molar-refractivity contribution in [3.8, 4) is 0 Å². The van der Waals surface area contributed by atoms with Crippen LogP contribution in [-0.2, 0) is 37.3 Å². The summed E-state index contributed by atoms with van der Waals surface area (Å²) in [5.41, 5.74) is -11.3. The van der Waals surface area contributed by atoms with Crippen molar-refractivity contribution in [3.63, 3.8) is 0 Å². The van der Waals surface area contributed by atoms with Crippen molar-refractivity contribution in [2.24, 2.45) is 0 Å². The summed E-state index contributed by atoms with van der Waals surface area (Å²) in [6.07, 6.45) is 0. The zero-order valence-electron chi connectivity index (χ0n) is 18.8. The minimum Gasteiger partial charge on any atom is -0.741 e. The molecule has 0 unspecified atom stereocenters. The van der Waals surface area contributed by atoms with Gasteiger partial charge in [0.1, 0.15) is 0 Å². The van der Waals surface area contributed by atoms with E-state index in [0.717, 1.165) is 78.5 Å². The van der Waals surface area contributed by atoms with Crippen LogP contribution in [0.2, 0.25) is 0 Å². The molecule has 22 heteroatoms. The van der Waals surface area contributed by atoms with Gasteiger partial charge in [0.25, 0.3) is 0 Å². The Labute approximate surface area is 216 Å². The summed E-state index contributed by atoms with van der Waals surface area (Å²) in [6.45, 7) is 13.2. The number of hydrogen-bond acceptors (Lipinski definition) is 12. The number of nitrogens with one attached hydrogen (secondary N) is 6. The van der Waals surface area contributed by atoms with Crippen LogP contribution in [0.5, 0.6) is 0 Å². The van der Waals surface area contributed by atoms with Crippen LogP contribution in [0.4, 0.5) is 26.3 Å². The maximum absolute atomic E-state index is 10.7. The van der Waals surface area contributed by atoms with E-state index in [0.29, 0.717) is 0 Å². The van der Waals surface area contributed by atoms with E-state index in [2.05, 4.69) is 31.9 Å². The minimum atomic E-state index is -6.09. The van der Waals surface area contributed by atoms with Gasteiger partial charge in [-0.25, -0.2) is 16.8 Å². The summed E-state index contributed by atoms with van der Waals surface area (Å²) in [5, 5.41) is 19.8. The Hall–Kier alpha value is -0.361. The number of halogens is 6. The van der Waals surface area contributed by atoms with Crippen LogP contribution in [0.15, 0.2) is 0 Å². The largest absolute Gasteiger partial charge is 2.00 e. The summed E-state index contributed by atoms with van der Waals surface area (Å²) in [6, 6.07) is 0. The predicted octanol–water partition coefficient (Wildman–Crippen LogP) is -3.19. The fourth-order valence-electron chi connectivity index (χ4n) is 1.81. The summed E-state index contributed by atoms with van der Waals surface area (Å²) in [7, 11) is -12.2. The first-order chi connectivity index (χ1) is 15.5. The van der Waals surface area contributed by atoms with Crippen LogP contribution in [0.25, 0.3) is 0 Å². The fourth-order valence-corrected chi connectivity index (χ4v) is 1.81. The van der Waals surface area contributed by atoms with Gasteiger partial charge in [-0.05, 0) is 0 Å². The molecule has 13 nitrogen and oxygen atoms in total. The van der Waals surface area contributed by atoms with Crippen LogP contribution in [-0.4, -0.2) is 121 Å². The second-order valence-corrected chi connectivity index (χ2v) is 9.04. The molecule has 0 atom stereocenters. The van der Waals surface area contributed by atoms with Gasteiger partial charge in [-0.3, -0.25) is 0 Å². The second kappa shape index (κ2) is 22.6. The molecule has 0 saturated carbocycles. The van der Waals surface area contributed by atoms with Gasteiger partial charge in [-0.15, -0.1) is 0 Å². The molecule has 0 aliphatic carbocycles. The molecule has 2 rings (SSSR count). The number of rotatable bonds is 0. The summed E-state index contributed by atoms with van der Waals surface area (Å²) in [4.78, 5) is 0. The molecule has 225 valence electrons. The van der Waals surface area contributed by atoms with Crippen molar-refractivity contribution >= 4 is 20.2 Å². The predicted molar refractivity (Wildman–Crippen MR) is 112 cm³/mol. The van der Waals surface area contributed by atoms with Gasteiger partial charge in [0.15, 0.2) is 20.2 Å². The van der Waals surface area contributed by atoms with E-state index < -0.39 is 31.3 Å². The van der Waals surface area contributed by atoms with E-state index in [4.69, 9.17) is 25.9 Å². The van der Waals surface area contributed by atoms with Crippen molar-refractivity contribution in [1.29, 1.82) is 0 Å². The molecule has 8 N–H and O–H groups in total. The molecule has 1 radical (unpaired) electrons. The molecule has 0 aromatic rings. The summed E-state index contributed by atoms with van der Waals surface area (Å²) >= 11 is 0. The van der Waals surface area contributed by atoms with Gasteiger partial charge in [-0.2, -0.15) is 26.3 Å². The van der Waals surface area contributed by atoms with E-state index >= 15 is 0 Å². The molecular weight excluding hydrogens is 606 g/mol. The molecular formula is C14H32CuF6N6O7S2. The first-order valence-corrected chi connectivity index (χ1v) is 12.6. The van der Waals surface area contributed by atoms with E-state index in [1.165, 1.54) is 0 Å². The standard InChI is InChI=1S/2C6H15N3.2CHF3O3S.Cu.H2O/c2*1-2-8-5-6-9-4-3-7-1;2*2-1(3,4)8(5,6)7;;/h2*7-9H,1-6H2;2*(H,5,6,7);;1H2/q;;;;+2;/p-2. The third kappa shape index (κ3) is 28.2. The topological polar surface area (TPSA) is 218 Å². The van der Waals surface area contributed by atoms with Crippen molar-refractivity contribution in [3.05, 3.63) is 0 Å². The fraction of sp³-hybridized carbons (Fsp3) is 1.00. The van der Waals surface area contributed by atoms with Crippen molar-refractivity contribution < 1.29 is 74.8 Å². The average molecular weight is 638 g/mol. The van der Waals surface area contributed by atoms with Gasteiger partial charge in [0.2, 0.25) is 0 Å². The monoisotopic (exact) mass is 637 g/mol. The second-order valence-electron chi connectivity index (χ2n) is 6.30. The molecule has 0 aromatic heterocycles. The van der Waals surface area contributed by atoms with Gasteiger partial charge in [0.05, 0.1) is 0 Å². The molecule has 0 amide bonds.